The summed E-state index contributed by atoms with van der Waals surface area (Å²) < 4.78 is 0. The fourth-order valence-corrected chi connectivity index (χ4v) is 6.94. The van der Waals surface area contributed by atoms with Crippen LogP contribution in [0.1, 0.15) is 84.6 Å². The highest BCUT2D eigenvalue weighted by Gasteiger charge is 2.21. The summed E-state index contributed by atoms with van der Waals surface area (Å²) in [5.74, 6) is -1.72. The lowest BCUT2D eigenvalue weighted by Gasteiger charge is -2.03. The van der Waals surface area contributed by atoms with Gasteiger partial charge in [0.15, 0.2) is 0 Å². The van der Waals surface area contributed by atoms with E-state index in [1.165, 1.54) is 5.57 Å². The minimum atomic E-state index is -0.862. The summed E-state index contributed by atoms with van der Waals surface area (Å²) >= 11 is 7.24. The Morgan fingerprint density at radius 1 is 0.614 bits per heavy atom. The van der Waals surface area contributed by atoms with E-state index in [1.807, 2.05) is 26.0 Å². The second-order valence-corrected chi connectivity index (χ2v) is 12.9. The number of carboxylic acid groups (broad SMARTS) is 2. The van der Waals surface area contributed by atoms with Crippen molar-refractivity contribution in [2.75, 3.05) is 10.7 Å². The van der Waals surface area contributed by atoms with Gasteiger partial charge in [0.25, 0.3) is 0 Å². The molecular formula is C34H36Br2N4O4. The molecule has 0 aromatic carbocycles. The summed E-state index contributed by atoms with van der Waals surface area (Å²) in [6.45, 7) is 8.21. The number of carbonyl (C=O) groups is 2. The Labute approximate surface area is 273 Å². The molecule has 5 rings (SSSR count). The normalized spacial score (nSPS) is 13.2. The summed E-state index contributed by atoms with van der Waals surface area (Å²) in [7, 11) is 0. The molecule has 3 aromatic heterocycles. The van der Waals surface area contributed by atoms with E-state index in [9.17, 15) is 19.8 Å². The van der Waals surface area contributed by atoms with Gasteiger partial charge < -0.3 is 20.2 Å². The van der Waals surface area contributed by atoms with Crippen LogP contribution in [0.3, 0.4) is 0 Å². The highest BCUT2D eigenvalue weighted by Crippen LogP contribution is 2.37. The first-order valence-corrected chi connectivity index (χ1v) is 17.0. The quantitative estimate of drug-likeness (QED) is 0.155. The van der Waals surface area contributed by atoms with Gasteiger partial charge in [0, 0.05) is 45.6 Å². The number of H-pyrrole nitrogens is 2. The van der Waals surface area contributed by atoms with Crippen LogP contribution in [0.25, 0.3) is 44.4 Å². The number of hydrogen-bond donors (Lipinski definition) is 4. The molecule has 0 atom stereocenters. The molecule has 0 spiro atoms. The SMILES string of the molecule is CC1=C(CCBr)c2cc3nc(cc4[nH]c(cc5[nH]c(cc1n2)c(C)c5CCC(=O)O)c(CCC(=O)O)c4C)C(CCBr)=C3C. The van der Waals surface area contributed by atoms with Gasteiger partial charge in [-0.05, 0) is 122 Å². The number of hydrogen-bond acceptors (Lipinski definition) is 4. The van der Waals surface area contributed by atoms with Gasteiger partial charge in [-0.3, -0.25) is 9.59 Å². The second kappa shape index (κ2) is 13.2. The van der Waals surface area contributed by atoms with E-state index in [-0.39, 0.29) is 12.8 Å². The number of allylic oxidation sites excluding steroid dienone is 4. The van der Waals surface area contributed by atoms with Crippen molar-refractivity contribution >= 4 is 88.2 Å². The van der Waals surface area contributed by atoms with Gasteiger partial charge in [0.2, 0.25) is 0 Å². The average Bonchev–Trinajstić information content (AvgIpc) is 3.62. The van der Waals surface area contributed by atoms with E-state index < -0.39 is 11.9 Å². The summed E-state index contributed by atoms with van der Waals surface area (Å²) in [5.41, 5.74) is 15.2. The predicted molar refractivity (Wildman–Crippen MR) is 184 cm³/mol. The molecule has 44 heavy (non-hydrogen) atoms. The first-order valence-electron chi connectivity index (χ1n) is 14.7. The fraction of sp³-hybridized carbons (Fsp3) is 0.353. The molecule has 8 nitrogen and oxygen atoms in total. The number of fused-ring (bicyclic) bond motifs is 8. The molecule has 2 aliphatic rings. The topological polar surface area (TPSA) is 132 Å². The number of alkyl halides is 2. The zero-order valence-electron chi connectivity index (χ0n) is 25.3. The fourth-order valence-electron chi connectivity index (χ4n) is 6.14. The maximum Gasteiger partial charge on any atom is 0.303 e. The molecule has 0 amide bonds. The van der Waals surface area contributed by atoms with Crippen molar-refractivity contribution in [1.29, 1.82) is 0 Å². The standard InChI is InChI=1S/C34H36Br2N4O4/c1-17-21(5-7-33(41)42)31-16-32-22(6-8-34(43)44)18(2)27(40-32)14-30-24(10-12-36)20(4)28(39-30)15-29-23(9-11-35)19(3)26(37-29)13-25(17)38-31/h13-16,38,40H,5-12H2,1-4H3,(H,41,42)(H,43,44). The number of rotatable bonds is 10. The molecule has 0 fully saturated rings. The van der Waals surface area contributed by atoms with Crippen molar-refractivity contribution in [2.45, 2.75) is 66.2 Å². The summed E-state index contributed by atoms with van der Waals surface area (Å²) in [6.07, 6.45) is 2.34. The van der Waals surface area contributed by atoms with E-state index in [2.05, 4.69) is 67.8 Å². The molecule has 5 heterocycles. The van der Waals surface area contributed by atoms with Crippen molar-refractivity contribution in [3.05, 3.63) is 69.3 Å². The number of halogens is 2. The lowest BCUT2D eigenvalue weighted by Crippen LogP contribution is -1.98. The monoisotopic (exact) mass is 722 g/mol. The number of aromatic nitrogens is 4. The van der Waals surface area contributed by atoms with Crippen LogP contribution in [0, 0.1) is 13.8 Å². The summed E-state index contributed by atoms with van der Waals surface area (Å²) in [6, 6.07) is 8.18. The number of carboxylic acids is 2. The Hall–Kier alpha value is -3.50. The zero-order valence-corrected chi connectivity index (χ0v) is 28.5. The van der Waals surface area contributed by atoms with E-state index >= 15 is 0 Å². The van der Waals surface area contributed by atoms with Gasteiger partial charge in [-0.25, -0.2) is 9.97 Å². The minimum absolute atomic E-state index is 0.00371. The molecule has 2 aliphatic heterocycles. The van der Waals surface area contributed by atoms with Crippen molar-refractivity contribution in [2.24, 2.45) is 0 Å². The molecule has 0 saturated carbocycles. The van der Waals surface area contributed by atoms with Gasteiger partial charge in [0.1, 0.15) is 0 Å². The maximum absolute atomic E-state index is 11.6. The first-order chi connectivity index (χ1) is 21.0. The van der Waals surface area contributed by atoms with Crippen molar-refractivity contribution < 1.29 is 19.8 Å². The lowest BCUT2D eigenvalue weighted by atomic mass is 10.0. The largest absolute Gasteiger partial charge is 0.481 e. The molecule has 10 heteroatoms. The minimum Gasteiger partial charge on any atom is -0.481 e. The number of aliphatic carboxylic acids is 2. The number of aromatic amines is 2. The van der Waals surface area contributed by atoms with Gasteiger partial charge in [-0.15, -0.1) is 0 Å². The predicted octanol–water partition coefficient (Wildman–Crippen LogP) is 8.40. The summed E-state index contributed by atoms with van der Waals surface area (Å²) in [5, 5.41) is 20.6. The van der Waals surface area contributed by atoms with Crippen LogP contribution in [0.4, 0.5) is 0 Å². The third-order valence-corrected chi connectivity index (χ3v) is 9.46. The smallest absolute Gasteiger partial charge is 0.303 e. The number of nitrogens with zero attached hydrogens (tertiary/aromatic N) is 2. The highest BCUT2D eigenvalue weighted by atomic mass is 79.9. The molecule has 0 radical (unpaired) electrons. The van der Waals surface area contributed by atoms with Crippen LogP contribution in [0.2, 0.25) is 0 Å². The Morgan fingerprint density at radius 3 is 1.45 bits per heavy atom. The molecule has 8 bridgehead atoms. The Balaban J connectivity index is 1.93. The van der Waals surface area contributed by atoms with Crippen LogP contribution >= 0.6 is 31.9 Å². The van der Waals surface area contributed by atoms with Crippen molar-refractivity contribution in [3.63, 3.8) is 0 Å². The second-order valence-electron chi connectivity index (χ2n) is 11.3. The Morgan fingerprint density at radius 2 is 1.02 bits per heavy atom. The molecule has 0 aliphatic carbocycles. The number of aryl methyl sites for hydroxylation is 4. The van der Waals surface area contributed by atoms with Crippen LogP contribution in [0.15, 0.2) is 24.3 Å². The third kappa shape index (κ3) is 6.33. The van der Waals surface area contributed by atoms with Crippen LogP contribution in [-0.4, -0.2) is 52.7 Å². The van der Waals surface area contributed by atoms with E-state index in [4.69, 9.17) is 9.97 Å². The van der Waals surface area contributed by atoms with Gasteiger partial charge in [-0.2, -0.15) is 0 Å². The molecular weight excluding hydrogens is 688 g/mol. The van der Waals surface area contributed by atoms with Crippen molar-refractivity contribution in [1.82, 2.24) is 19.9 Å². The Bertz CT molecular complexity index is 1900. The van der Waals surface area contributed by atoms with E-state index in [0.717, 1.165) is 107 Å². The Kier molecular flexibility index (Phi) is 9.60. The van der Waals surface area contributed by atoms with Crippen LogP contribution in [-0.2, 0) is 22.4 Å². The molecule has 4 N–H and O–H groups in total. The van der Waals surface area contributed by atoms with Gasteiger partial charge >= 0.3 is 11.9 Å². The first kappa shape index (κ1) is 31.9. The summed E-state index contributed by atoms with van der Waals surface area (Å²) in [4.78, 5) is 40.5. The molecule has 3 aromatic rings. The molecule has 230 valence electrons. The van der Waals surface area contributed by atoms with Crippen LogP contribution < -0.4 is 0 Å². The molecule has 0 unspecified atom stereocenters. The van der Waals surface area contributed by atoms with Crippen molar-refractivity contribution in [3.8, 4) is 0 Å². The average molecular weight is 724 g/mol. The van der Waals surface area contributed by atoms with Crippen LogP contribution in [0.5, 0.6) is 0 Å². The highest BCUT2D eigenvalue weighted by molar-refractivity contribution is 9.09. The van der Waals surface area contributed by atoms with Gasteiger partial charge in [0.05, 0.1) is 22.8 Å². The molecule has 0 saturated heterocycles. The van der Waals surface area contributed by atoms with E-state index in [0.29, 0.717) is 12.8 Å². The number of nitrogens with one attached hydrogen (secondary N) is 2. The maximum atomic E-state index is 11.6. The van der Waals surface area contributed by atoms with Gasteiger partial charge in [-0.1, -0.05) is 31.9 Å². The zero-order chi connectivity index (χ0) is 31.7. The lowest BCUT2D eigenvalue weighted by molar-refractivity contribution is -0.138. The van der Waals surface area contributed by atoms with E-state index in [1.54, 1.807) is 0 Å². The third-order valence-electron chi connectivity index (χ3n) is 8.67.